The van der Waals surface area contributed by atoms with Gasteiger partial charge in [0.2, 0.25) is 0 Å². The molecule has 0 N–H and O–H groups in total. The normalized spacial score (nSPS) is 21.5. The lowest BCUT2D eigenvalue weighted by molar-refractivity contribution is -0.0328. The van der Waals surface area contributed by atoms with Crippen molar-refractivity contribution in [1.29, 1.82) is 0 Å². The van der Waals surface area contributed by atoms with Gasteiger partial charge in [-0.05, 0) is 70.7 Å². The molecule has 21 heavy (non-hydrogen) atoms. The van der Waals surface area contributed by atoms with Gasteiger partial charge in [-0.25, -0.2) is 8.42 Å². The molecule has 0 amide bonds. The Balaban J connectivity index is 2.11. The standard InChI is InChI=1S/C13H15Br2ClO4S/c1-13(2)4-3-8(20-13)7-19-12-10(14)5-9(6-11(12)15)21(16,17)18/h5-6,8H,3-4,7H2,1-2H3. The predicted octanol–water partition coefficient (Wildman–Crippen LogP) is 4.48. The monoisotopic (exact) mass is 460 g/mol. The van der Waals surface area contributed by atoms with Crippen molar-refractivity contribution >= 4 is 51.6 Å². The van der Waals surface area contributed by atoms with Crippen LogP contribution < -0.4 is 4.74 Å². The third-order valence-corrected chi connectivity index (χ3v) is 5.73. The molecule has 118 valence electrons. The van der Waals surface area contributed by atoms with Crippen LogP contribution in [0.1, 0.15) is 26.7 Å². The molecule has 1 heterocycles. The van der Waals surface area contributed by atoms with Gasteiger partial charge in [-0.1, -0.05) is 0 Å². The summed E-state index contributed by atoms with van der Waals surface area (Å²) < 4.78 is 35.4. The second-order valence-corrected chi connectivity index (χ2v) is 9.78. The zero-order valence-corrected chi connectivity index (χ0v) is 16.3. The molecule has 4 nitrogen and oxygen atoms in total. The fourth-order valence-electron chi connectivity index (χ4n) is 2.19. The summed E-state index contributed by atoms with van der Waals surface area (Å²) in [5.41, 5.74) is -0.112. The summed E-state index contributed by atoms with van der Waals surface area (Å²) in [7, 11) is 1.56. The van der Waals surface area contributed by atoms with Crippen LogP contribution in [0.5, 0.6) is 5.75 Å². The quantitative estimate of drug-likeness (QED) is 0.620. The minimum absolute atomic E-state index is 0.00789. The molecule has 0 aliphatic carbocycles. The van der Waals surface area contributed by atoms with Crippen molar-refractivity contribution in [3.8, 4) is 5.75 Å². The predicted molar refractivity (Wildman–Crippen MR) is 88.6 cm³/mol. The molecule has 1 aliphatic rings. The first-order valence-electron chi connectivity index (χ1n) is 6.33. The summed E-state index contributed by atoms with van der Waals surface area (Å²) >= 11 is 6.61. The van der Waals surface area contributed by atoms with Gasteiger partial charge in [0.1, 0.15) is 12.4 Å². The van der Waals surface area contributed by atoms with E-state index in [0.29, 0.717) is 21.3 Å². The SMILES string of the molecule is CC1(C)CCC(COc2c(Br)cc(S(=O)(=O)Cl)cc2Br)O1. The molecule has 0 radical (unpaired) electrons. The van der Waals surface area contributed by atoms with Crippen molar-refractivity contribution in [2.75, 3.05) is 6.61 Å². The zero-order valence-electron chi connectivity index (χ0n) is 11.5. The van der Waals surface area contributed by atoms with Gasteiger partial charge in [0, 0.05) is 10.7 Å². The van der Waals surface area contributed by atoms with Crippen molar-refractivity contribution in [3.05, 3.63) is 21.1 Å². The fraction of sp³-hybridized carbons (Fsp3) is 0.538. The lowest BCUT2D eigenvalue weighted by Gasteiger charge is -2.20. The molecular formula is C13H15Br2ClO4S. The third kappa shape index (κ3) is 4.58. The van der Waals surface area contributed by atoms with E-state index in [-0.39, 0.29) is 16.6 Å². The highest BCUT2D eigenvalue weighted by molar-refractivity contribution is 9.11. The van der Waals surface area contributed by atoms with Crippen molar-refractivity contribution in [3.63, 3.8) is 0 Å². The van der Waals surface area contributed by atoms with E-state index >= 15 is 0 Å². The van der Waals surface area contributed by atoms with Crippen LogP contribution in [-0.2, 0) is 13.8 Å². The van der Waals surface area contributed by atoms with E-state index in [1.807, 2.05) is 0 Å². The fourth-order valence-corrected chi connectivity index (χ4v) is 4.69. The Bertz CT molecular complexity index is 623. The molecule has 1 atom stereocenters. The van der Waals surface area contributed by atoms with Gasteiger partial charge in [0.15, 0.2) is 0 Å². The maximum Gasteiger partial charge on any atom is 0.261 e. The number of hydrogen-bond acceptors (Lipinski definition) is 4. The Morgan fingerprint density at radius 1 is 1.38 bits per heavy atom. The maximum atomic E-state index is 11.4. The zero-order chi connectivity index (χ0) is 15.8. The summed E-state index contributed by atoms with van der Waals surface area (Å²) in [5.74, 6) is 0.535. The molecule has 0 aromatic heterocycles. The second-order valence-electron chi connectivity index (χ2n) is 5.50. The van der Waals surface area contributed by atoms with E-state index in [1.54, 1.807) is 0 Å². The van der Waals surface area contributed by atoms with E-state index in [9.17, 15) is 8.42 Å². The van der Waals surface area contributed by atoms with Crippen LogP contribution in [-0.4, -0.2) is 26.7 Å². The van der Waals surface area contributed by atoms with E-state index in [0.717, 1.165) is 12.8 Å². The summed E-state index contributed by atoms with van der Waals surface area (Å²) in [6, 6.07) is 2.84. The van der Waals surface area contributed by atoms with Crippen LogP contribution in [0.15, 0.2) is 26.0 Å². The molecule has 1 aromatic carbocycles. The van der Waals surface area contributed by atoms with Gasteiger partial charge < -0.3 is 9.47 Å². The van der Waals surface area contributed by atoms with E-state index < -0.39 is 9.05 Å². The van der Waals surface area contributed by atoms with Gasteiger partial charge in [-0.15, -0.1) is 0 Å². The Labute approximate surface area is 145 Å². The Morgan fingerprint density at radius 3 is 2.38 bits per heavy atom. The summed E-state index contributed by atoms with van der Waals surface area (Å²) in [6.45, 7) is 4.52. The van der Waals surface area contributed by atoms with Gasteiger partial charge in [0.25, 0.3) is 9.05 Å². The van der Waals surface area contributed by atoms with E-state index in [1.165, 1.54) is 12.1 Å². The van der Waals surface area contributed by atoms with Gasteiger partial charge in [0.05, 0.1) is 25.5 Å². The number of benzene rings is 1. The molecule has 1 unspecified atom stereocenters. The molecule has 2 rings (SSSR count). The van der Waals surface area contributed by atoms with E-state index in [2.05, 4.69) is 45.7 Å². The molecule has 0 bridgehead atoms. The maximum absolute atomic E-state index is 11.4. The molecule has 0 saturated carbocycles. The summed E-state index contributed by atoms with van der Waals surface area (Å²) in [6.07, 6.45) is 1.97. The first-order valence-corrected chi connectivity index (χ1v) is 10.2. The Kier molecular flexibility index (Phi) is 5.31. The highest BCUT2D eigenvalue weighted by Gasteiger charge is 2.32. The van der Waals surface area contributed by atoms with Crippen molar-refractivity contribution in [1.82, 2.24) is 0 Å². The van der Waals surface area contributed by atoms with Gasteiger partial charge in [-0.3, -0.25) is 0 Å². The molecule has 1 aromatic rings. The second kappa shape index (κ2) is 6.35. The summed E-state index contributed by atoms with van der Waals surface area (Å²) in [5, 5.41) is 0. The van der Waals surface area contributed by atoms with Crippen LogP contribution in [0.3, 0.4) is 0 Å². The van der Waals surface area contributed by atoms with Crippen LogP contribution in [0.2, 0.25) is 0 Å². The molecular weight excluding hydrogens is 447 g/mol. The Morgan fingerprint density at radius 2 is 1.95 bits per heavy atom. The Hall–Kier alpha value is 0.180. The smallest absolute Gasteiger partial charge is 0.261 e. The van der Waals surface area contributed by atoms with Crippen molar-refractivity contribution < 1.29 is 17.9 Å². The van der Waals surface area contributed by atoms with Crippen molar-refractivity contribution in [2.24, 2.45) is 0 Å². The van der Waals surface area contributed by atoms with Crippen LogP contribution in [0, 0.1) is 0 Å². The summed E-state index contributed by atoms with van der Waals surface area (Å²) in [4.78, 5) is 0.00789. The van der Waals surface area contributed by atoms with Gasteiger partial charge >= 0.3 is 0 Å². The largest absolute Gasteiger partial charge is 0.489 e. The molecule has 0 spiro atoms. The highest BCUT2D eigenvalue weighted by Crippen LogP contribution is 2.38. The number of rotatable bonds is 4. The average molecular weight is 463 g/mol. The minimum atomic E-state index is -3.78. The number of ether oxygens (including phenoxy) is 2. The van der Waals surface area contributed by atoms with Crippen LogP contribution in [0.25, 0.3) is 0 Å². The minimum Gasteiger partial charge on any atom is -0.489 e. The van der Waals surface area contributed by atoms with Crippen LogP contribution in [0.4, 0.5) is 0 Å². The number of hydrogen-bond donors (Lipinski definition) is 0. The topological polar surface area (TPSA) is 52.6 Å². The van der Waals surface area contributed by atoms with E-state index in [4.69, 9.17) is 20.2 Å². The molecule has 1 aliphatic heterocycles. The van der Waals surface area contributed by atoms with Gasteiger partial charge in [-0.2, -0.15) is 0 Å². The molecule has 1 fully saturated rings. The lowest BCUT2D eigenvalue weighted by Crippen LogP contribution is -2.24. The highest BCUT2D eigenvalue weighted by atomic mass is 79.9. The van der Waals surface area contributed by atoms with Crippen molar-refractivity contribution in [2.45, 2.75) is 43.3 Å². The number of halogens is 3. The van der Waals surface area contributed by atoms with Crippen LogP contribution >= 0.6 is 42.5 Å². The first-order chi connectivity index (χ1) is 9.58. The average Bonchev–Trinajstić information content (AvgIpc) is 2.66. The first kappa shape index (κ1) is 17.5. The molecule has 1 saturated heterocycles. The third-order valence-electron chi connectivity index (χ3n) is 3.22. The lowest BCUT2D eigenvalue weighted by atomic mass is 10.1. The molecule has 8 heteroatoms.